The summed E-state index contributed by atoms with van der Waals surface area (Å²) in [5.41, 5.74) is 2.13. The molecule has 158 valence electrons. The number of Topliss-reactive ketones (excluding diaryl/α,β-unsaturated/α-hetero) is 1. The predicted molar refractivity (Wildman–Crippen MR) is 111 cm³/mol. The lowest BCUT2D eigenvalue weighted by molar-refractivity contribution is -0.116. The fourth-order valence-corrected chi connectivity index (χ4v) is 5.29. The van der Waals surface area contributed by atoms with Crippen molar-refractivity contribution in [2.75, 3.05) is 36.4 Å². The lowest BCUT2D eigenvalue weighted by Gasteiger charge is -2.35. The number of ketones is 1. The van der Waals surface area contributed by atoms with Gasteiger partial charge in [0.1, 0.15) is 5.82 Å². The first-order valence-corrected chi connectivity index (χ1v) is 11.2. The number of hydrogen-bond acceptors (Lipinski definition) is 5. The van der Waals surface area contributed by atoms with Gasteiger partial charge in [0.15, 0.2) is 5.78 Å². The number of nitrogens with zero attached hydrogens (tertiary/aromatic N) is 2. The third-order valence-electron chi connectivity index (χ3n) is 5.54. The quantitative estimate of drug-likeness (QED) is 0.752. The van der Waals surface area contributed by atoms with Gasteiger partial charge >= 0.3 is 0 Å². The molecule has 2 aromatic rings. The Bertz CT molecular complexity index is 1130. The smallest absolute Gasteiger partial charge is 0.243 e. The summed E-state index contributed by atoms with van der Waals surface area (Å²) in [6.45, 7) is 2.52. The summed E-state index contributed by atoms with van der Waals surface area (Å²) < 4.78 is 42.0. The molecule has 1 N–H and O–H groups in total. The molecule has 1 fully saturated rings. The Morgan fingerprint density at radius 1 is 1.03 bits per heavy atom. The maximum atomic E-state index is 14.4. The van der Waals surface area contributed by atoms with Gasteiger partial charge in [-0.3, -0.25) is 9.59 Å². The fraction of sp³-hybridized carbons (Fsp3) is 0.333. The number of nitrogens with one attached hydrogen (secondary N) is 1. The molecule has 7 nitrogen and oxygen atoms in total. The van der Waals surface area contributed by atoms with Gasteiger partial charge in [0.05, 0.1) is 10.6 Å². The number of fused-ring (bicyclic) bond motifs is 1. The third kappa shape index (κ3) is 3.82. The van der Waals surface area contributed by atoms with Crippen LogP contribution in [0.1, 0.15) is 29.3 Å². The Hall–Kier alpha value is -2.78. The van der Waals surface area contributed by atoms with Gasteiger partial charge in [0, 0.05) is 43.9 Å². The molecule has 30 heavy (non-hydrogen) atoms. The van der Waals surface area contributed by atoms with E-state index < -0.39 is 15.8 Å². The van der Waals surface area contributed by atoms with Gasteiger partial charge in [0.25, 0.3) is 0 Å². The summed E-state index contributed by atoms with van der Waals surface area (Å²) >= 11 is 0. The lowest BCUT2D eigenvalue weighted by atomic mass is 10.0. The van der Waals surface area contributed by atoms with Crippen LogP contribution in [0.4, 0.5) is 15.8 Å². The number of anilines is 2. The molecule has 0 unspecified atom stereocenters. The Labute approximate surface area is 174 Å². The Kier molecular flexibility index (Phi) is 5.33. The Balaban J connectivity index is 1.48. The van der Waals surface area contributed by atoms with Crippen LogP contribution in [-0.4, -0.2) is 50.6 Å². The summed E-state index contributed by atoms with van der Waals surface area (Å²) in [6.07, 6.45) is 0.844. The van der Waals surface area contributed by atoms with Gasteiger partial charge in [-0.1, -0.05) is 0 Å². The zero-order valence-electron chi connectivity index (χ0n) is 16.5. The van der Waals surface area contributed by atoms with E-state index in [1.165, 1.54) is 23.4 Å². The van der Waals surface area contributed by atoms with Crippen molar-refractivity contribution in [3.8, 4) is 0 Å². The Morgan fingerprint density at radius 3 is 2.43 bits per heavy atom. The minimum Gasteiger partial charge on any atom is -0.367 e. The van der Waals surface area contributed by atoms with E-state index >= 15 is 0 Å². The highest BCUT2D eigenvalue weighted by Crippen LogP contribution is 2.28. The average Bonchev–Trinajstić information content (AvgIpc) is 2.73. The molecule has 4 rings (SSSR count). The molecule has 0 bridgehead atoms. The molecule has 0 saturated carbocycles. The van der Waals surface area contributed by atoms with Crippen molar-refractivity contribution < 1.29 is 22.4 Å². The van der Waals surface area contributed by atoms with Gasteiger partial charge in [-0.2, -0.15) is 4.31 Å². The number of piperazine rings is 1. The first-order chi connectivity index (χ1) is 14.3. The summed E-state index contributed by atoms with van der Waals surface area (Å²) in [7, 11) is -3.69. The molecule has 2 aliphatic rings. The van der Waals surface area contributed by atoms with Crippen molar-refractivity contribution in [1.29, 1.82) is 0 Å². The van der Waals surface area contributed by atoms with Crippen molar-refractivity contribution in [2.45, 2.75) is 24.7 Å². The predicted octanol–water partition coefficient (Wildman–Crippen LogP) is 2.42. The van der Waals surface area contributed by atoms with Crippen LogP contribution in [0.25, 0.3) is 0 Å². The van der Waals surface area contributed by atoms with Crippen LogP contribution in [0.5, 0.6) is 0 Å². The van der Waals surface area contributed by atoms with Crippen LogP contribution in [0, 0.1) is 5.82 Å². The van der Waals surface area contributed by atoms with Crippen LogP contribution in [-0.2, 0) is 21.2 Å². The maximum Gasteiger partial charge on any atom is 0.243 e. The monoisotopic (exact) mass is 431 g/mol. The van der Waals surface area contributed by atoms with Crippen LogP contribution in [0.2, 0.25) is 0 Å². The van der Waals surface area contributed by atoms with Crippen LogP contribution >= 0.6 is 0 Å². The maximum absolute atomic E-state index is 14.4. The van der Waals surface area contributed by atoms with Crippen molar-refractivity contribution in [1.82, 2.24) is 4.31 Å². The molecular formula is C21H22FN3O4S. The van der Waals surface area contributed by atoms with Gasteiger partial charge < -0.3 is 10.2 Å². The molecule has 0 spiro atoms. The standard InChI is InChI=1S/C21H22FN3O4S/c1-14(26)15-2-6-20(18(22)13-15)24-8-10-25(11-9-24)30(28,29)17-4-5-19-16(12-17)3-7-21(27)23-19/h2,4-6,12-13H,3,7-11H2,1H3,(H,23,27). The van der Waals surface area contributed by atoms with E-state index in [1.54, 1.807) is 29.2 Å². The zero-order valence-corrected chi connectivity index (χ0v) is 17.3. The molecular weight excluding hydrogens is 409 g/mol. The fourth-order valence-electron chi connectivity index (χ4n) is 3.82. The minimum atomic E-state index is -3.69. The summed E-state index contributed by atoms with van der Waals surface area (Å²) in [6, 6.07) is 9.11. The van der Waals surface area contributed by atoms with Gasteiger partial charge in [-0.15, -0.1) is 0 Å². The van der Waals surface area contributed by atoms with Crippen molar-refractivity contribution in [3.05, 3.63) is 53.3 Å². The topological polar surface area (TPSA) is 86.8 Å². The second-order valence-corrected chi connectivity index (χ2v) is 9.42. The van der Waals surface area contributed by atoms with Crippen LogP contribution in [0.15, 0.2) is 41.3 Å². The van der Waals surface area contributed by atoms with E-state index in [0.717, 1.165) is 5.56 Å². The number of rotatable bonds is 4. The zero-order chi connectivity index (χ0) is 21.5. The number of hydrogen-bond donors (Lipinski definition) is 1. The summed E-state index contributed by atoms with van der Waals surface area (Å²) in [5, 5.41) is 2.75. The van der Waals surface area contributed by atoms with E-state index in [-0.39, 0.29) is 29.7 Å². The molecule has 0 radical (unpaired) electrons. The minimum absolute atomic E-state index is 0.0715. The first-order valence-electron chi connectivity index (χ1n) is 9.74. The molecule has 0 aromatic heterocycles. The average molecular weight is 431 g/mol. The molecule has 1 amide bonds. The molecule has 1 saturated heterocycles. The molecule has 2 heterocycles. The van der Waals surface area contributed by atoms with Gasteiger partial charge in [-0.25, -0.2) is 12.8 Å². The first kappa shape index (κ1) is 20.5. The number of amides is 1. The molecule has 2 aromatic carbocycles. The molecule has 0 atom stereocenters. The van der Waals surface area contributed by atoms with E-state index in [2.05, 4.69) is 5.32 Å². The SMILES string of the molecule is CC(=O)c1ccc(N2CCN(S(=O)(=O)c3ccc4c(c3)CCC(=O)N4)CC2)c(F)c1. The van der Waals surface area contributed by atoms with E-state index in [9.17, 15) is 22.4 Å². The van der Waals surface area contributed by atoms with Crippen LogP contribution in [0.3, 0.4) is 0 Å². The summed E-state index contributed by atoms with van der Waals surface area (Å²) in [5.74, 6) is -0.769. The normalized spacial score (nSPS) is 17.4. The lowest BCUT2D eigenvalue weighted by Crippen LogP contribution is -2.49. The van der Waals surface area contributed by atoms with Crippen molar-refractivity contribution in [3.63, 3.8) is 0 Å². The second-order valence-electron chi connectivity index (χ2n) is 7.48. The number of carbonyl (C=O) groups is 2. The van der Waals surface area contributed by atoms with Crippen LogP contribution < -0.4 is 10.2 Å². The van der Waals surface area contributed by atoms with Crippen molar-refractivity contribution in [2.24, 2.45) is 0 Å². The highest BCUT2D eigenvalue weighted by atomic mass is 32.2. The second kappa shape index (κ2) is 7.81. The summed E-state index contributed by atoms with van der Waals surface area (Å²) in [4.78, 5) is 24.9. The number of benzene rings is 2. The number of sulfonamides is 1. The van der Waals surface area contributed by atoms with Crippen molar-refractivity contribution >= 4 is 33.1 Å². The number of aryl methyl sites for hydroxylation is 1. The van der Waals surface area contributed by atoms with Gasteiger partial charge in [-0.05, 0) is 55.3 Å². The molecule has 0 aliphatic carbocycles. The number of carbonyl (C=O) groups excluding carboxylic acids is 2. The number of halogens is 1. The van der Waals surface area contributed by atoms with E-state index in [4.69, 9.17) is 0 Å². The molecule has 9 heteroatoms. The molecule has 2 aliphatic heterocycles. The third-order valence-corrected chi connectivity index (χ3v) is 7.44. The largest absolute Gasteiger partial charge is 0.367 e. The Morgan fingerprint density at radius 2 is 1.77 bits per heavy atom. The highest BCUT2D eigenvalue weighted by molar-refractivity contribution is 7.89. The van der Waals surface area contributed by atoms with E-state index in [0.29, 0.717) is 42.9 Å². The highest BCUT2D eigenvalue weighted by Gasteiger charge is 2.30. The van der Waals surface area contributed by atoms with E-state index in [1.807, 2.05) is 0 Å². The van der Waals surface area contributed by atoms with Gasteiger partial charge in [0.2, 0.25) is 15.9 Å².